The number of hydrazone groups is 1. The molecular formula is C22H19F3N4O3. The van der Waals surface area contributed by atoms with Gasteiger partial charge < -0.3 is 15.2 Å². The van der Waals surface area contributed by atoms with Gasteiger partial charge in [0.2, 0.25) is 0 Å². The molecule has 0 aliphatic rings. The second-order valence-electron chi connectivity index (χ2n) is 6.42. The summed E-state index contributed by atoms with van der Waals surface area (Å²) in [7, 11) is 0. The van der Waals surface area contributed by atoms with Crippen LogP contribution in [0, 0.1) is 0 Å². The highest BCUT2D eigenvalue weighted by molar-refractivity contribution is 6.00. The number of alkyl halides is 3. The average molecular weight is 444 g/mol. The van der Waals surface area contributed by atoms with Crippen LogP contribution in [-0.4, -0.2) is 28.8 Å². The van der Waals surface area contributed by atoms with Crippen molar-refractivity contribution in [1.82, 2.24) is 10.4 Å². The summed E-state index contributed by atoms with van der Waals surface area (Å²) in [5.41, 5.74) is 2.17. The third-order valence-electron chi connectivity index (χ3n) is 4.20. The zero-order valence-electron chi connectivity index (χ0n) is 16.8. The molecule has 166 valence electrons. The Morgan fingerprint density at radius 1 is 1.19 bits per heavy atom. The van der Waals surface area contributed by atoms with E-state index in [9.17, 15) is 23.1 Å². The third-order valence-corrected chi connectivity index (χ3v) is 4.20. The molecule has 32 heavy (non-hydrogen) atoms. The molecule has 0 saturated carbocycles. The zero-order chi connectivity index (χ0) is 23.1. The van der Waals surface area contributed by atoms with Gasteiger partial charge in [-0.25, -0.2) is 5.43 Å². The van der Waals surface area contributed by atoms with Gasteiger partial charge in [-0.05, 0) is 43.3 Å². The lowest BCUT2D eigenvalue weighted by molar-refractivity contribution is -0.141. The minimum absolute atomic E-state index is 0.118. The predicted molar refractivity (Wildman–Crippen MR) is 113 cm³/mol. The molecule has 0 aliphatic heterocycles. The van der Waals surface area contributed by atoms with Crippen molar-refractivity contribution in [3.05, 3.63) is 77.6 Å². The number of nitrogens with one attached hydrogen (secondary N) is 2. The van der Waals surface area contributed by atoms with E-state index in [2.05, 4.69) is 20.8 Å². The molecular weight excluding hydrogens is 425 g/mol. The van der Waals surface area contributed by atoms with E-state index in [1.54, 1.807) is 43.3 Å². The first kappa shape index (κ1) is 22.6. The van der Waals surface area contributed by atoms with E-state index in [1.807, 2.05) is 0 Å². The monoisotopic (exact) mass is 444 g/mol. The first-order valence-corrected chi connectivity index (χ1v) is 9.47. The molecule has 0 saturated heterocycles. The first-order valence-electron chi connectivity index (χ1n) is 9.47. The van der Waals surface area contributed by atoms with Crippen LogP contribution in [0.5, 0.6) is 11.5 Å². The number of rotatable bonds is 7. The summed E-state index contributed by atoms with van der Waals surface area (Å²) in [6, 6.07) is 13.3. The molecule has 1 aromatic heterocycles. The number of phenolic OH excluding ortho intramolecular Hbond substituents is 1. The lowest BCUT2D eigenvalue weighted by Gasteiger charge is -2.12. The van der Waals surface area contributed by atoms with Gasteiger partial charge in [-0.3, -0.25) is 9.78 Å². The fourth-order valence-electron chi connectivity index (χ4n) is 2.75. The van der Waals surface area contributed by atoms with Crippen molar-refractivity contribution in [2.24, 2.45) is 5.10 Å². The number of carbonyl (C=O) groups is 1. The fourth-order valence-corrected chi connectivity index (χ4v) is 2.75. The van der Waals surface area contributed by atoms with Crippen molar-refractivity contribution < 1.29 is 27.8 Å². The first-order chi connectivity index (χ1) is 15.3. The maximum atomic E-state index is 12.9. The summed E-state index contributed by atoms with van der Waals surface area (Å²) < 4.78 is 44.0. The van der Waals surface area contributed by atoms with Gasteiger partial charge in [0.25, 0.3) is 5.91 Å². The van der Waals surface area contributed by atoms with E-state index in [1.165, 1.54) is 18.3 Å². The number of carbonyl (C=O) groups excluding carboxylic acids is 1. The van der Waals surface area contributed by atoms with Crippen LogP contribution < -0.4 is 15.5 Å². The number of hydrogen-bond donors (Lipinski definition) is 3. The summed E-state index contributed by atoms with van der Waals surface area (Å²) in [6.45, 7) is 2.15. The molecule has 3 aromatic rings. The number of pyridine rings is 1. The van der Waals surface area contributed by atoms with Gasteiger partial charge in [-0.1, -0.05) is 18.2 Å². The Bertz CT molecular complexity index is 1130. The van der Waals surface area contributed by atoms with Crippen LogP contribution in [-0.2, 0) is 6.18 Å². The highest BCUT2D eigenvalue weighted by Crippen LogP contribution is 2.30. The molecule has 0 unspecified atom stereocenters. The second-order valence-corrected chi connectivity index (χ2v) is 6.42. The number of phenols is 1. The van der Waals surface area contributed by atoms with E-state index >= 15 is 0 Å². The summed E-state index contributed by atoms with van der Waals surface area (Å²) in [5, 5.41) is 16.8. The van der Waals surface area contributed by atoms with Crippen LogP contribution in [0.2, 0.25) is 0 Å². The molecule has 1 heterocycles. The van der Waals surface area contributed by atoms with Crippen molar-refractivity contribution in [2.45, 2.75) is 13.1 Å². The Labute approximate surface area is 181 Å². The number of aromatic hydroxyl groups is 1. The summed E-state index contributed by atoms with van der Waals surface area (Å²) >= 11 is 0. The minimum Gasteiger partial charge on any atom is -0.504 e. The van der Waals surface area contributed by atoms with Crippen molar-refractivity contribution in [3.63, 3.8) is 0 Å². The lowest BCUT2D eigenvalue weighted by atomic mass is 10.1. The molecule has 0 aliphatic carbocycles. The van der Waals surface area contributed by atoms with Crippen LogP contribution in [0.4, 0.5) is 24.5 Å². The van der Waals surface area contributed by atoms with Gasteiger partial charge in [-0.15, -0.1) is 0 Å². The Morgan fingerprint density at radius 2 is 1.97 bits per heavy atom. The Kier molecular flexibility index (Phi) is 6.93. The van der Waals surface area contributed by atoms with Crippen LogP contribution in [0.15, 0.2) is 65.9 Å². The largest absolute Gasteiger partial charge is 0.504 e. The Hall–Kier alpha value is -4.08. The van der Waals surface area contributed by atoms with E-state index in [4.69, 9.17) is 4.74 Å². The number of aromatic nitrogens is 1. The minimum atomic E-state index is -4.59. The fraction of sp³-hybridized carbons (Fsp3) is 0.136. The number of benzene rings is 2. The second kappa shape index (κ2) is 9.82. The van der Waals surface area contributed by atoms with Crippen LogP contribution in [0.3, 0.4) is 0 Å². The predicted octanol–water partition coefficient (Wildman–Crippen LogP) is 4.71. The van der Waals surface area contributed by atoms with E-state index in [0.29, 0.717) is 12.2 Å². The molecule has 0 spiro atoms. The number of anilines is 2. The molecule has 3 N–H and O–H groups in total. The molecule has 2 aromatic carbocycles. The smallest absolute Gasteiger partial charge is 0.433 e. The van der Waals surface area contributed by atoms with Crippen LogP contribution in [0.25, 0.3) is 0 Å². The maximum Gasteiger partial charge on any atom is 0.433 e. The molecule has 1 amide bonds. The summed E-state index contributed by atoms with van der Waals surface area (Å²) in [4.78, 5) is 15.9. The standard InChI is InChI=1S/C22H19F3N4O3/c1-2-32-18-9-5-6-14(20(18)30)13-27-29-21(31)16-7-3-4-8-17(16)28-15-10-11-26-19(12-15)22(23,24)25/h3-13,30H,2H2,1H3,(H,26,28)(H,29,31)/b27-13+. The summed E-state index contributed by atoms with van der Waals surface area (Å²) in [5.74, 6) is -0.435. The number of ether oxygens (including phenoxy) is 1. The molecule has 3 rings (SSSR count). The number of nitrogens with zero attached hydrogens (tertiary/aromatic N) is 2. The Balaban J connectivity index is 1.75. The van der Waals surface area contributed by atoms with E-state index in [0.717, 1.165) is 12.3 Å². The maximum absolute atomic E-state index is 12.9. The van der Waals surface area contributed by atoms with Gasteiger partial charge in [0, 0.05) is 17.4 Å². The van der Waals surface area contributed by atoms with Crippen molar-refractivity contribution >= 4 is 23.5 Å². The number of hydrogen-bond acceptors (Lipinski definition) is 6. The molecule has 0 fully saturated rings. The molecule has 0 bridgehead atoms. The lowest BCUT2D eigenvalue weighted by Crippen LogP contribution is -2.19. The number of amides is 1. The van der Waals surface area contributed by atoms with Crippen molar-refractivity contribution in [2.75, 3.05) is 11.9 Å². The quantitative estimate of drug-likeness (QED) is 0.362. The van der Waals surface area contributed by atoms with Crippen molar-refractivity contribution in [1.29, 1.82) is 0 Å². The van der Waals surface area contributed by atoms with Crippen LogP contribution in [0.1, 0.15) is 28.5 Å². The molecule has 0 radical (unpaired) electrons. The number of halogens is 3. The third kappa shape index (κ3) is 5.54. The topological polar surface area (TPSA) is 95.8 Å². The van der Waals surface area contributed by atoms with Gasteiger partial charge in [0.15, 0.2) is 11.5 Å². The molecule has 10 heteroatoms. The number of para-hydroxylation sites is 2. The van der Waals surface area contributed by atoms with E-state index in [-0.39, 0.29) is 28.4 Å². The van der Waals surface area contributed by atoms with Crippen molar-refractivity contribution in [3.8, 4) is 11.5 Å². The van der Waals surface area contributed by atoms with Crippen LogP contribution >= 0.6 is 0 Å². The zero-order valence-corrected chi connectivity index (χ0v) is 16.8. The summed E-state index contributed by atoms with van der Waals surface area (Å²) in [6.07, 6.45) is -2.31. The highest BCUT2D eigenvalue weighted by atomic mass is 19.4. The SMILES string of the molecule is CCOc1cccc(/C=N/NC(=O)c2ccccc2Nc2ccnc(C(F)(F)F)c2)c1O. The van der Waals surface area contributed by atoms with Gasteiger partial charge in [0.1, 0.15) is 5.69 Å². The highest BCUT2D eigenvalue weighted by Gasteiger charge is 2.32. The van der Waals surface area contributed by atoms with E-state index < -0.39 is 17.8 Å². The molecule has 7 nitrogen and oxygen atoms in total. The Morgan fingerprint density at radius 3 is 2.72 bits per heavy atom. The molecule has 0 atom stereocenters. The van der Waals surface area contributed by atoms with Gasteiger partial charge in [-0.2, -0.15) is 18.3 Å². The average Bonchev–Trinajstić information content (AvgIpc) is 2.76. The van der Waals surface area contributed by atoms with Gasteiger partial charge in [0.05, 0.1) is 24.1 Å². The van der Waals surface area contributed by atoms with Gasteiger partial charge >= 0.3 is 6.18 Å². The normalized spacial score (nSPS) is 11.4.